The molecule has 0 aromatic heterocycles. The summed E-state index contributed by atoms with van der Waals surface area (Å²) in [5, 5.41) is 0. The van der Waals surface area contributed by atoms with Crippen molar-refractivity contribution in [2.45, 2.75) is 5.92 Å². The second-order valence-electron chi connectivity index (χ2n) is 4.18. The summed E-state index contributed by atoms with van der Waals surface area (Å²) in [4.78, 5) is 11.3. The van der Waals surface area contributed by atoms with Crippen molar-refractivity contribution >= 4 is 5.97 Å². The van der Waals surface area contributed by atoms with Gasteiger partial charge in [-0.25, -0.2) is 4.79 Å². The smallest absolute Gasteiger partial charge is 0.330 e. The summed E-state index contributed by atoms with van der Waals surface area (Å²) < 4.78 is 4.65. The average molecular weight is 252 g/mol. The molecule has 0 aliphatic carbocycles. The highest BCUT2D eigenvalue weighted by molar-refractivity contribution is 5.82. The van der Waals surface area contributed by atoms with E-state index in [1.54, 1.807) is 0 Å². The molecule has 0 unspecified atom stereocenters. The van der Waals surface area contributed by atoms with Gasteiger partial charge in [0.2, 0.25) is 0 Å². The van der Waals surface area contributed by atoms with Crippen LogP contribution < -0.4 is 0 Å². The van der Waals surface area contributed by atoms with Gasteiger partial charge in [-0.1, -0.05) is 66.7 Å². The number of carbonyl (C=O) groups excluding carboxylic acids is 1. The maximum Gasteiger partial charge on any atom is 0.330 e. The molecule has 96 valence electrons. The molecule has 0 N–H and O–H groups in total. The molecule has 2 nitrogen and oxygen atoms in total. The first-order valence-corrected chi connectivity index (χ1v) is 6.17. The highest BCUT2D eigenvalue weighted by Crippen LogP contribution is 2.25. The van der Waals surface area contributed by atoms with E-state index >= 15 is 0 Å². The van der Waals surface area contributed by atoms with Gasteiger partial charge in [-0.2, -0.15) is 0 Å². The predicted octanol–water partition coefficient (Wildman–Crippen LogP) is 3.55. The molecule has 0 amide bonds. The Balaban J connectivity index is 2.34. The van der Waals surface area contributed by atoms with Gasteiger partial charge >= 0.3 is 5.97 Å². The SMILES string of the molecule is COC(=O)C=CC(c1ccccc1)c1ccccc1. The third kappa shape index (κ3) is 3.55. The van der Waals surface area contributed by atoms with Gasteiger partial charge < -0.3 is 4.74 Å². The number of methoxy groups -OCH3 is 1. The molecular formula is C17H16O2. The second kappa shape index (κ2) is 6.55. The van der Waals surface area contributed by atoms with Crippen LogP contribution in [0.4, 0.5) is 0 Å². The zero-order chi connectivity index (χ0) is 13.5. The fourth-order valence-corrected chi connectivity index (χ4v) is 1.98. The molecule has 0 atom stereocenters. The van der Waals surface area contributed by atoms with Crippen LogP contribution in [0.25, 0.3) is 0 Å². The minimum Gasteiger partial charge on any atom is -0.466 e. The Kier molecular flexibility index (Phi) is 4.51. The fraction of sp³-hybridized carbons (Fsp3) is 0.118. The zero-order valence-corrected chi connectivity index (χ0v) is 10.8. The van der Waals surface area contributed by atoms with E-state index in [1.165, 1.54) is 13.2 Å². The maximum absolute atomic E-state index is 11.3. The molecule has 2 rings (SSSR count). The first-order valence-electron chi connectivity index (χ1n) is 6.17. The highest BCUT2D eigenvalue weighted by atomic mass is 16.5. The number of ether oxygens (including phenoxy) is 1. The van der Waals surface area contributed by atoms with Crippen molar-refractivity contribution < 1.29 is 9.53 Å². The molecule has 0 fully saturated rings. The summed E-state index contributed by atoms with van der Waals surface area (Å²) in [7, 11) is 1.38. The van der Waals surface area contributed by atoms with Crippen LogP contribution in [0.5, 0.6) is 0 Å². The lowest BCUT2D eigenvalue weighted by Gasteiger charge is -2.13. The third-order valence-corrected chi connectivity index (χ3v) is 2.94. The van der Waals surface area contributed by atoms with Gasteiger partial charge in [0.25, 0.3) is 0 Å². The van der Waals surface area contributed by atoms with Crippen LogP contribution in [0.2, 0.25) is 0 Å². The van der Waals surface area contributed by atoms with E-state index in [2.05, 4.69) is 29.0 Å². The fourth-order valence-electron chi connectivity index (χ4n) is 1.98. The maximum atomic E-state index is 11.3. The van der Waals surface area contributed by atoms with Gasteiger partial charge in [0.05, 0.1) is 7.11 Å². The molecule has 0 aliphatic rings. The Bertz CT molecular complexity index is 504. The first-order chi connectivity index (χ1) is 9.31. The quantitative estimate of drug-likeness (QED) is 0.614. The minimum absolute atomic E-state index is 0.0569. The molecule has 2 aromatic carbocycles. The molecule has 19 heavy (non-hydrogen) atoms. The van der Waals surface area contributed by atoms with Gasteiger partial charge in [-0.15, -0.1) is 0 Å². The monoisotopic (exact) mass is 252 g/mol. The van der Waals surface area contributed by atoms with Crippen LogP contribution in [0, 0.1) is 0 Å². The van der Waals surface area contributed by atoms with E-state index in [-0.39, 0.29) is 11.9 Å². The number of carbonyl (C=O) groups is 1. The van der Waals surface area contributed by atoms with E-state index in [4.69, 9.17) is 0 Å². The lowest BCUT2D eigenvalue weighted by molar-refractivity contribution is -0.134. The first kappa shape index (κ1) is 13.1. The summed E-state index contributed by atoms with van der Waals surface area (Å²) in [6.45, 7) is 0. The van der Waals surface area contributed by atoms with Crippen molar-refractivity contribution in [2.75, 3.05) is 7.11 Å². The Morgan fingerprint density at radius 2 is 1.42 bits per heavy atom. The van der Waals surface area contributed by atoms with Gasteiger partial charge in [0, 0.05) is 12.0 Å². The number of esters is 1. The Morgan fingerprint density at radius 1 is 0.947 bits per heavy atom. The average Bonchev–Trinajstić information content (AvgIpc) is 2.49. The number of allylic oxidation sites excluding steroid dienone is 1. The number of benzene rings is 2. The molecule has 0 saturated carbocycles. The van der Waals surface area contributed by atoms with Crippen LogP contribution in [0.1, 0.15) is 17.0 Å². The number of hydrogen-bond donors (Lipinski definition) is 0. The van der Waals surface area contributed by atoms with Crippen LogP contribution in [-0.4, -0.2) is 13.1 Å². The molecule has 0 spiro atoms. The standard InChI is InChI=1S/C17H16O2/c1-19-17(18)13-12-16(14-8-4-2-5-9-14)15-10-6-3-7-11-15/h2-13,16H,1H3. The van der Waals surface area contributed by atoms with Gasteiger partial charge in [-0.3, -0.25) is 0 Å². The van der Waals surface area contributed by atoms with Crippen molar-refractivity contribution in [1.82, 2.24) is 0 Å². The molecular weight excluding hydrogens is 236 g/mol. The van der Waals surface area contributed by atoms with Crippen LogP contribution in [0.15, 0.2) is 72.8 Å². The van der Waals surface area contributed by atoms with Crippen molar-refractivity contribution in [1.29, 1.82) is 0 Å². The summed E-state index contributed by atoms with van der Waals surface area (Å²) in [6, 6.07) is 20.2. The van der Waals surface area contributed by atoms with Crippen molar-refractivity contribution in [3.05, 3.63) is 83.9 Å². The largest absolute Gasteiger partial charge is 0.466 e. The molecule has 2 aromatic rings. The van der Waals surface area contributed by atoms with Gasteiger partial charge in [-0.05, 0) is 11.1 Å². The third-order valence-electron chi connectivity index (χ3n) is 2.94. The van der Waals surface area contributed by atoms with Crippen molar-refractivity contribution in [3.8, 4) is 0 Å². The van der Waals surface area contributed by atoms with Crippen LogP contribution >= 0.6 is 0 Å². The van der Waals surface area contributed by atoms with Gasteiger partial charge in [0.15, 0.2) is 0 Å². The molecule has 2 heteroatoms. The summed E-state index contributed by atoms with van der Waals surface area (Å²) in [6.07, 6.45) is 3.35. The second-order valence-corrected chi connectivity index (χ2v) is 4.18. The summed E-state index contributed by atoms with van der Waals surface area (Å²) in [5.74, 6) is -0.279. The highest BCUT2D eigenvalue weighted by Gasteiger charge is 2.10. The normalized spacial score (nSPS) is 10.8. The molecule has 0 heterocycles. The number of rotatable bonds is 4. The molecule has 0 saturated heterocycles. The lowest BCUT2D eigenvalue weighted by Crippen LogP contribution is -2.00. The van der Waals surface area contributed by atoms with E-state index in [1.807, 2.05) is 42.5 Å². The van der Waals surface area contributed by atoms with Crippen molar-refractivity contribution in [2.24, 2.45) is 0 Å². The topological polar surface area (TPSA) is 26.3 Å². The van der Waals surface area contributed by atoms with Crippen LogP contribution in [-0.2, 0) is 9.53 Å². The molecule has 0 aliphatic heterocycles. The summed E-state index contributed by atoms with van der Waals surface area (Å²) >= 11 is 0. The van der Waals surface area contributed by atoms with E-state index in [0.717, 1.165) is 11.1 Å². The number of hydrogen-bond acceptors (Lipinski definition) is 2. The van der Waals surface area contributed by atoms with E-state index < -0.39 is 0 Å². The zero-order valence-electron chi connectivity index (χ0n) is 10.8. The van der Waals surface area contributed by atoms with E-state index in [0.29, 0.717) is 0 Å². The molecule has 0 radical (unpaired) electrons. The Morgan fingerprint density at radius 3 is 1.84 bits per heavy atom. The summed E-state index contributed by atoms with van der Waals surface area (Å²) in [5.41, 5.74) is 2.29. The minimum atomic E-state index is -0.336. The van der Waals surface area contributed by atoms with Crippen LogP contribution in [0.3, 0.4) is 0 Å². The lowest BCUT2D eigenvalue weighted by atomic mass is 9.91. The predicted molar refractivity (Wildman–Crippen MR) is 75.9 cm³/mol. The Hall–Kier alpha value is -2.35. The van der Waals surface area contributed by atoms with E-state index in [9.17, 15) is 4.79 Å². The molecule has 0 bridgehead atoms. The Labute approximate surface area is 113 Å². The van der Waals surface area contributed by atoms with Crippen molar-refractivity contribution in [3.63, 3.8) is 0 Å². The van der Waals surface area contributed by atoms with Gasteiger partial charge in [0.1, 0.15) is 0 Å².